The molecule has 1 saturated heterocycles. The van der Waals surface area contributed by atoms with E-state index >= 15 is 0 Å². The van der Waals surface area contributed by atoms with Crippen LogP contribution in [0.5, 0.6) is 0 Å². The molecule has 1 heterocycles. The molecule has 0 atom stereocenters. The standard InChI is InChI=1S/C30H45N3O18P3/c1-7-25(34)40-13-19-46-52(47-20-14-41-26(35)8-2)31-53(48-21-15-42-27(36)9-3,49-22-16-43-28(37)10-4)33-54(32-52,50-23-17-44-29(38)11-5)51-24-18-45-30(39)12-6/h7-12,31-33H,1-6,13-24H2/q+3. The van der Waals surface area contributed by atoms with E-state index in [1.165, 1.54) is 0 Å². The number of hydrogen-bond donors (Lipinski definition) is 3. The maximum absolute atomic E-state index is 11.8. The van der Waals surface area contributed by atoms with Crippen LogP contribution in [-0.4, -0.2) is 115 Å². The molecule has 300 valence electrons. The van der Waals surface area contributed by atoms with Crippen LogP contribution in [0.25, 0.3) is 0 Å². The first-order valence-electron chi connectivity index (χ1n) is 15.5. The van der Waals surface area contributed by atoms with Gasteiger partial charge in [-0.1, -0.05) is 39.5 Å². The Morgan fingerprint density at radius 1 is 0.315 bits per heavy atom. The molecule has 0 aromatic heterocycles. The molecule has 0 saturated carbocycles. The summed E-state index contributed by atoms with van der Waals surface area (Å²) in [6.07, 6.45) is 5.60. The van der Waals surface area contributed by atoms with Gasteiger partial charge in [0.2, 0.25) is 0 Å². The third-order valence-electron chi connectivity index (χ3n) is 5.39. The minimum Gasteiger partial charge on any atom is -0.460 e. The maximum atomic E-state index is 11.8. The Hall–Kier alpha value is -3.81. The fraction of sp³-hybridized carbons (Fsp3) is 0.400. The van der Waals surface area contributed by atoms with Gasteiger partial charge in [-0.25, -0.2) is 28.8 Å². The first-order chi connectivity index (χ1) is 25.8. The van der Waals surface area contributed by atoms with Gasteiger partial charge in [-0.2, -0.15) is 27.1 Å². The van der Waals surface area contributed by atoms with E-state index in [1.807, 2.05) is 0 Å². The minimum atomic E-state index is -3.96. The molecule has 1 aliphatic rings. The van der Waals surface area contributed by atoms with Gasteiger partial charge in [0.15, 0.2) is 0 Å². The van der Waals surface area contributed by atoms with Crippen LogP contribution >= 0.6 is 24.1 Å². The van der Waals surface area contributed by atoms with Gasteiger partial charge in [-0.05, 0) is 0 Å². The summed E-state index contributed by atoms with van der Waals surface area (Å²) < 4.78 is 67.2. The third kappa shape index (κ3) is 19.5. The summed E-state index contributed by atoms with van der Waals surface area (Å²) in [4.78, 5) is 79.6. The van der Waals surface area contributed by atoms with Gasteiger partial charge in [-0.3, -0.25) is 0 Å². The summed E-state index contributed by atoms with van der Waals surface area (Å²) in [7, 11) is -11.9. The number of carbonyl (C=O) groups excluding carboxylic acids is 6. The molecule has 0 spiro atoms. The van der Waals surface area contributed by atoms with Crippen LogP contribution in [0.4, 0.5) is 0 Å². The fourth-order valence-electron chi connectivity index (χ4n) is 3.25. The average Bonchev–Trinajstić information content (AvgIpc) is 3.18. The highest BCUT2D eigenvalue weighted by atomic mass is 31.3. The summed E-state index contributed by atoms with van der Waals surface area (Å²) in [6.45, 7) is 15.9. The number of ether oxygens (including phenoxy) is 6. The molecule has 1 rings (SSSR count). The van der Waals surface area contributed by atoms with E-state index in [4.69, 9.17) is 55.6 Å². The second kappa shape index (κ2) is 26.9. The highest BCUT2D eigenvalue weighted by Gasteiger charge is 2.80. The highest BCUT2D eigenvalue weighted by molar-refractivity contribution is 7.92. The average molecular weight is 829 g/mol. The van der Waals surface area contributed by atoms with Crippen molar-refractivity contribution in [3.63, 3.8) is 0 Å². The van der Waals surface area contributed by atoms with Crippen molar-refractivity contribution < 1.29 is 84.3 Å². The molecular formula is C30H45N3O18P3+3. The van der Waals surface area contributed by atoms with E-state index in [2.05, 4.69) is 54.0 Å². The normalized spacial score (nSPS) is 14.9. The molecular weight excluding hydrogens is 783 g/mol. The largest absolute Gasteiger partial charge is 0.510 e. The van der Waals surface area contributed by atoms with Crippen molar-refractivity contribution in [1.82, 2.24) is 14.6 Å². The Morgan fingerprint density at radius 2 is 0.463 bits per heavy atom. The Labute approximate surface area is 313 Å². The van der Waals surface area contributed by atoms with E-state index in [0.29, 0.717) is 0 Å². The first kappa shape index (κ1) is 48.2. The number of rotatable bonds is 30. The van der Waals surface area contributed by atoms with Crippen LogP contribution in [0, 0.1) is 0 Å². The van der Waals surface area contributed by atoms with E-state index in [9.17, 15) is 28.8 Å². The van der Waals surface area contributed by atoms with Crippen LogP contribution in [-0.2, 0) is 84.3 Å². The number of nitrogens with one attached hydrogen (secondary N) is 3. The Balaban J connectivity index is 3.77. The van der Waals surface area contributed by atoms with E-state index in [-0.39, 0.29) is 79.3 Å². The summed E-state index contributed by atoms with van der Waals surface area (Å²) in [6, 6.07) is 0. The van der Waals surface area contributed by atoms with Gasteiger partial charge < -0.3 is 28.4 Å². The van der Waals surface area contributed by atoms with Crippen LogP contribution in [0.2, 0.25) is 0 Å². The molecule has 3 N–H and O–H groups in total. The Morgan fingerprint density at radius 3 is 0.593 bits per heavy atom. The molecule has 0 aromatic rings. The lowest BCUT2D eigenvalue weighted by Gasteiger charge is -2.34. The summed E-state index contributed by atoms with van der Waals surface area (Å²) in [5, 5.41) is 0. The molecule has 0 aliphatic carbocycles. The molecule has 54 heavy (non-hydrogen) atoms. The Kier molecular flexibility index (Phi) is 24.0. The molecule has 0 amide bonds. The van der Waals surface area contributed by atoms with Crippen molar-refractivity contribution in [1.29, 1.82) is 0 Å². The van der Waals surface area contributed by atoms with Crippen molar-refractivity contribution >= 4 is 59.9 Å². The number of esters is 6. The molecule has 0 radical (unpaired) electrons. The molecule has 1 fully saturated rings. The fourth-order valence-corrected chi connectivity index (χ4v) is 14.1. The van der Waals surface area contributed by atoms with Crippen LogP contribution in [0.3, 0.4) is 0 Å². The van der Waals surface area contributed by atoms with E-state index in [1.54, 1.807) is 0 Å². The summed E-state index contributed by atoms with van der Waals surface area (Å²) in [5.74, 6) is -4.57. The molecule has 0 aromatic carbocycles. The second-order valence-electron chi connectivity index (χ2n) is 9.18. The van der Waals surface area contributed by atoms with E-state index in [0.717, 1.165) is 36.5 Å². The monoisotopic (exact) mass is 828 g/mol. The zero-order chi connectivity index (χ0) is 40.3. The smallest absolute Gasteiger partial charge is 0.460 e. The Bertz CT molecular complexity index is 1100. The lowest BCUT2D eigenvalue weighted by molar-refractivity contribution is -0.139. The SMILES string of the molecule is C=CC(=O)OCCO[P+]1(OCCOC(=O)C=C)N[P+](OCCOC(=O)C=C)(OCCOC(=O)C=C)N[P+](OCCOC(=O)C=C)(OCCOC(=O)C=C)N1. The molecule has 24 heteroatoms. The number of hydrogen-bond acceptors (Lipinski definition) is 21. The van der Waals surface area contributed by atoms with Crippen LogP contribution in [0.15, 0.2) is 75.9 Å². The van der Waals surface area contributed by atoms with Gasteiger partial charge >= 0.3 is 59.9 Å². The topological polar surface area (TPSA) is 249 Å². The van der Waals surface area contributed by atoms with Crippen LogP contribution in [0.1, 0.15) is 0 Å². The lowest BCUT2D eigenvalue weighted by Crippen LogP contribution is -2.48. The van der Waals surface area contributed by atoms with Crippen molar-refractivity contribution in [2.75, 3.05) is 79.3 Å². The van der Waals surface area contributed by atoms with Crippen molar-refractivity contribution in [2.24, 2.45) is 0 Å². The predicted octanol–water partition coefficient (Wildman–Crippen LogP) is 2.28. The first-order valence-corrected chi connectivity index (χ1v) is 20.4. The molecule has 21 nitrogen and oxygen atoms in total. The zero-order valence-electron chi connectivity index (χ0n) is 29.4. The minimum absolute atomic E-state index is 0.331. The highest BCUT2D eigenvalue weighted by Crippen LogP contribution is 2.81. The van der Waals surface area contributed by atoms with Gasteiger partial charge in [0.05, 0.1) is 14.6 Å². The molecule has 0 unspecified atom stereocenters. The molecule has 1 aliphatic heterocycles. The third-order valence-corrected chi connectivity index (χ3v) is 15.0. The van der Waals surface area contributed by atoms with Gasteiger partial charge in [-0.15, -0.1) is 0 Å². The lowest BCUT2D eigenvalue weighted by atomic mass is 10.6. The zero-order valence-corrected chi connectivity index (χ0v) is 32.1. The van der Waals surface area contributed by atoms with Crippen molar-refractivity contribution in [2.45, 2.75) is 0 Å². The van der Waals surface area contributed by atoms with Crippen molar-refractivity contribution in [3.05, 3.63) is 75.9 Å². The van der Waals surface area contributed by atoms with Gasteiger partial charge in [0.25, 0.3) is 0 Å². The molecule has 0 bridgehead atoms. The predicted molar refractivity (Wildman–Crippen MR) is 193 cm³/mol. The van der Waals surface area contributed by atoms with Crippen LogP contribution < -0.4 is 14.6 Å². The quantitative estimate of drug-likeness (QED) is 0.0309. The maximum Gasteiger partial charge on any atom is 0.510 e. The second-order valence-corrected chi connectivity index (χ2v) is 16.4. The summed E-state index contributed by atoms with van der Waals surface area (Å²) >= 11 is 0. The summed E-state index contributed by atoms with van der Waals surface area (Å²) in [5.41, 5.74) is 0. The number of carbonyl (C=O) groups is 6. The van der Waals surface area contributed by atoms with Gasteiger partial charge in [0, 0.05) is 36.5 Å². The van der Waals surface area contributed by atoms with Gasteiger partial charge in [0.1, 0.15) is 79.3 Å². The van der Waals surface area contributed by atoms with E-state index < -0.39 is 59.9 Å². The van der Waals surface area contributed by atoms with Crippen molar-refractivity contribution in [3.8, 4) is 0 Å².